The van der Waals surface area contributed by atoms with Crippen LogP contribution in [0.5, 0.6) is 23.0 Å². The van der Waals surface area contributed by atoms with Gasteiger partial charge in [0.25, 0.3) is 0 Å². The fraction of sp³-hybridized carbons (Fsp3) is 0.0208. The lowest BCUT2D eigenvalue weighted by atomic mass is 9.62. The summed E-state index contributed by atoms with van der Waals surface area (Å²) in [6, 6.07) is 62.2. The third-order valence-electron chi connectivity index (χ3n) is 10.8. The van der Waals surface area contributed by atoms with Crippen LogP contribution in [0.1, 0.15) is 22.3 Å². The molecule has 0 bridgehead atoms. The molecule has 1 spiro atoms. The highest BCUT2D eigenvalue weighted by atomic mass is 16.5. The van der Waals surface area contributed by atoms with Crippen molar-refractivity contribution < 1.29 is 9.47 Å². The third-order valence-corrected chi connectivity index (χ3v) is 10.8. The van der Waals surface area contributed by atoms with Crippen LogP contribution in [-0.2, 0) is 5.41 Å². The molecule has 4 heterocycles. The van der Waals surface area contributed by atoms with Crippen LogP contribution in [0, 0.1) is 0 Å². The first-order chi connectivity index (χ1) is 25.8. The number of benzene rings is 7. The molecule has 2 aromatic heterocycles. The first kappa shape index (κ1) is 28.9. The number of para-hydroxylation sites is 4. The second-order valence-electron chi connectivity index (χ2n) is 13.5. The monoisotopic (exact) mass is 666 g/mol. The lowest BCUT2D eigenvalue weighted by Gasteiger charge is -2.45. The van der Waals surface area contributed by atoms with E-state index in [0.29, 0.717) is 0 Å². The number of rotatable bonds is 3. The summed E-state index contributed by atoms with van der Waals surface area (Å²) < 4.78 is 15.9. The van der Waals surface area contributed by atoms with E-state index in [9.17, 15) is 0 Å². The molecule has 7 aromatic carbocycles. The van der Waals surface area contributed by atoms with Gasteiger partial charge in [0.05, 0.1) is 22.1 Å². The van der Waals surface area contributed by atoms with Crippen molar-refractivity contribution in [3.8, 4) is 51.1 Å². The van der Waals surface area contributed by atoms with E-state index in [2.05, 4.69) is 155 Å². The molecule has 2 aliphatic rings. The molecule has 11 rings (SSSR count). The summed E-state index contributed by atoms with van der Waals surface area (Å²) >= 11 is 0. The molecule has 0 atom stereocenters. The zero-order valence-electron chi connectivity index (χ0n) is 28.0. The van der Waals surface area contributed by atoms with E-state index in [0.717, 1.165) is 73.3 Å². The zero-order chi connectivity index (χ0) is 34.2. The van der Waals surface area contributed by atoms with Gasteiger partial charge in [0.1, 0.15) is 23.0 Å². The van der Waals surface area contributed by atoms with Crippen LogP contribution in [0.4, 0.5) is 0 Å². The second-order valence-corrected chi connectivity index (χ2v) is 13.5. The van der Waals surface area contributed by atoms with Gasteiger partial charge in [-0.2, -0.15) is 0 Å². The highest BCUT2D eigenvalue weighted by molar-refractivity contribution is 6.10. The SMILES string of the molecule is c1ccc(-n2c3ccccc3c3ccc(-c4ccc5c(c4)C4(c6ccccc6Oc6ccccc64)c4ccc(-c6ccccn6)cc4O5)cc32)cc1. The Kier molecular flexibility index (Phi) is 6.13. The van der Waals surface area contributed by atoms with Gasteiger partial charge in [-0.3, -0.25) is 4.98 Å². The van der Waals surface area contributed by atoms with Crippen molar-refractivity contribution in [2.45, 2.75) is 5.41 Å². The summed E-state index contributed by atoms with van der Waals surface area (Å²) in [4.78, 5) is 4.65. The number of nitrogens with zero attached hydrogens (tertiary/aromatic N) is 2. The molecular weight excluding hydrogens is 637 g/mol. The van der Waals surface area contributed by atoms with Crippen molar-refractivity contribution in [1.29, 1.82) is 0 Å². The first-order valence-electron chi connectivity index (χ1n) is 17.6. The van der Waals surface area contributed by atoms with Crippen molar-refractivity contribution in [2.75, 3.05) is 0 Å². The van der Waals surface area contributed by atoms with Crippen molar-refractivity contribution in [3.63, 3.8) is 0 Å². The van der Waals surface area contributed by atoms with E-state index in [1.807, 2.05) is 36.5 Å². The average molecular weight is 667 g/mol. The standard InChI is InChI=1S/C48H30N2O2/c1-2-12-34(13-3-1)50-42-18-7-4-14-35(42)36-24-21-32(29-43(36)50)31-23-26-46-40(28-31)48(37-15-5-8-19-44(37)51-45-20-9-6-16-38(45)48)39-25-22-33(30-47(39)52-46)41-17-10-11-27-49-41/h1-30H. The maximum atomic E-state index is 6.90. The fourth-order valence-corrected chi connectivity index (χ4v) is 8.54. The van der Waals surface area contributed by atoms with E-state index in [1.165, 1.54) is 21.8 Å². The number of hydrogen-bond donors (Lipinski definition) is 0. The van der Waals surface area contributed by atoms with Crippen LogP contribution in [0.25, 0.3) is 49.9 Å². The van der Waals surface area contributed by atoms with E-state index >= 15 is 0 Å². The fourth-order valence-electron chi connectivity index (χ4n) is 8.54. The summed E-state index contributed by atoms with van der Waals surface area (Å²) in [5, 5.41) is 2.47. The van der Waals surface area contributed by atoms with Crippen LogP contribution in [-0.4, -0.2) is 9.55 Å². The van der Waals surface area contributed by atoms with Gasteiger partial charge < -0.3 is 14.0 Å². The maximum Gasteiger partial charge on any atom is 0.132 e. The molecule has 2 aliphatic heterocycles. The Labute approximate surface area is 300 Å². The molecule has 0 unspecified atom stereocenters. The zero-order valence-corrected chi connectivity index (χ0v) is 28.0. The van der Waals surface area contributed by atoms with Crippen LogP contribution in [0.3, 0.4) is 0 Å². The minimum absolute atomic E-state index is 0.698. The largest absolute Gasteiger partial charge is 0.457 e. The molecule has 0 N–H and O–H groups in total. The number of ether oxygens (including phenoxy) is 2. The number of hydrogen-bond acceptors (Lipinski definition) is 3. The lowest BCUT2D eigenvalue weighted by molar-refractivity contribution is 0.399. The van der Waals surface area contributed by atoms with E-state index < -0.39 is 5.41 Å². The summed E-state index contributed by atoms with van der Waals surface area (Å²) in [5.74, 6) is 3.31. The molecular formula is C48H30N2O2. The van der Waals surface area contributed by atoms with Gasteiger partial charge in [-0.15, -0.1) is 0 Å². The van der Waals surface area contributed by atoms with Gasteiger partial charge in [-0.25, -0.2) is 0 Å². The quantitative estimate of drug-likeness (QED) is 0.188. The minimum Gasteiger partial charge on any atom is -0.457 e. The Hall–Kier alpha value is -6.91. The lowest BCUT2D eigenvalue weighted by Crippen LogP contribution is -2.36. The highest BCUT2D eigenvalue weighted by Gasteiger charge is 2.50. The van der Waals surface area contributed by atoms with Crippen molar-refractivity contribution in [2.24, 2.45) is 0 Å². The minimum atomic E-state index is -0.698. The smallest absolute Gasteiger partial charge is 0.132 e. The molecule has 9 aromatic rings. The second kappa shape index (κ2) is 11.0. The van der Waals surface area contributed by atoms with Crippen molar-refractivity contribution in [1.82, 2.24) is 9.55 Å². The maximum absolute atomic E-state index is 6.90. The Morgan fingerprint density at radius 2 is 1.02 bits per heavy atom. The van der Waals surface area contributed by atoms with Crippen LogP contribution < -0.4 is 9.47 Å². The van der Waals surface area contributed by atoms with Crippen molar-refractivity contribution in [3.05, 3.63) is 204 Å². The first-order valence-corrected chi connectivity index (χ1v) is 17.6. The molecule has 52 heavy (non-hydrogen) atoms. The van der Waals surface area contributed by atoms with Gasteiger partial charge in [-0.05, 0) is 77.9 Å². The van der Waals surface area contributed by atoms with E-state index in [-0.39, 0.29) is 0 Å². The Morgan fingerprint density at radius 3 is 1.83 bits per heavy atom. The van der Waals surface area contributed by atoms with Gasteiger partial charge >= 0.3 is 0 Å². The van der Waals surface area contributed by atoms with Gasteiger partial charge in [0.15, 0.2) is 0 Å². The number of aromatic nitrogens is 2. The summed E-state index contributed by atoms with van der Waals surface area (Å²) in [6.45, 7) is 0. The molecule has 0 radical (unpaired) electrons. The predicted molar refractivity (Wildman–Crippen MR) is 208 cm³/mol. The van der Waals surface area contributed by atoms with Crippen LogP contribution in [0.15, 0.2) is 182 Å². The molecule has 0 fully saturated rings. The number of pyridine rings is 1. The normalized spacial score (nSPS) is 13.5. The molecule has 4 nitrogen and oxygen atoms in total. The van der Waals surface area contributed by atoms with E-state index in [1.54, 1.807) is 0 Å². The topological polar surface area (TPSA) is 36.3 Å². The summed E-state index contributed by atoms with van der Waals surface area (Å²) in [7, 11) is 0. The van der Waals surface area contributed by atoms with Gasteiger partial charge in [0, 0.05) is 50.5 Å². The molecule has 0 saturated carbocycles. The summed E-state index contributed by atoms with van der Waals surface area (Å²) in [6.07, 6.45) is 1.83. The average Bonchev–Trinajstić information content (AvgIpc) is 3.55. The molecule has 0 saturated heterocycles. The molecule has 0 amide bonds. The molecule has 244 valence electrons. The van der Waals surface area contributed by atoms with Gasteiger partial charge in [0.2, 0.25) is 0 Å². The van der Waals surface area contributed by atoms with Gasteiger partial charge in [-0.1, -0.05) is 109 Å². The number of fused-ring (bicyclic) bond motifs is 11. The molecule has 0 aliphatic carbocycles. The molecule has 4 heteroatoms. The Bertz CT molecular complexity index is 2810. The highest BCUT2D eigenvalue weighted by Crippen LogP contribution is 2.62. The van der Waals surface area contributed by atoms with Crippen molar-refractivity contribution >= 4 is 21.8 Å². The Morgan fingerprint density at radius 1 is 0.404 bits per heavy atom. The summed E-state index contributed by atoms with van der Waals surface area (Å²) in [5.41, 5.74) is 11.3. The van der Waals surface area contributed by atoms with Crippen LogP contribution in [0.2, 0.25) is 0 Å². The predicted octanol–water partition coefficient (Wildman–Crippen LogP) is 12.1. The third kappa shape index (κ3) is 4.06. The van der Waals surface area contributed by atoms with Crippen LogP contribution >= 0.6 is 0 Å². The Balaban J connectivity index is 1.18. The van der Waals surface area contributed by atoms with E-state index in [4.69, 9.17) is 9.47 Å².